The summed E-state index contributed by atoms with van der Waals surface area (Å²) in [5, 5.41) is 31.2. The summed E-state index contributed by atoms with van der Waals surface area (Å²) in [6, 6.07) is 7.69. The zero-order valence-electron chi connectivity index (χ0n) is 18.2. The molecule has 0 aromatic heterocycles. The molecule has 0 saturated heterocycles. The first-order chi connectivity index (χ1) is 15.4. The molecular formula is C25H20Br2O6. The van der Waals surface area contributed by atoms with Crippen LogP contribution in [0, 0.1) is 27.7 Å². The van der Waals surface area contributed by atoms with Gasteiger partial charge in [0.15, 0.2) is 5.60 Å². The van der Waals surface area contributed by atoms with E-state index in [1.54, 1.807) is 38.1 Å². The summed E-state index contributed by atoms with van der Waals surface area (Å²) < 4.78 is 7.34. The van der Waals surface area contributed by atoms with Gasteiger partial charge in [-0.15, -0.1) is 0 Å². The third-order valence-electron chi connectivity index (χ3n) is 6.34. The van der Waals surface area contributed by atoms with Crippen LogP contribution in [0.2, 0.25) is 0 Å². The zero-order valence-corrected chi connectivity index (χ0v) is 21.4. The van der Waals surface area contributed by atoms with Crippen molar-refractivity contribution in [3.05, 3.63) is 89.3 Å². The van der Waals surface area contributed by atoms with Crippen molar-refractivity contribution in [3.63, 3.8) is 0 Å². The normalized spacial score (nSPS) is 14.2. The van der Waals surface area contributed by atoms with Crippen LogP contribution in [0.1, 0.15) is 59.7 Å². The first-order valence-electron chi connectivity index (χ1n) is 10.0. The minimum absolute atomic E-state index is 0.0183. The largest absolute Gasteiger partial charge is 0.508 e. The van der Waals surface area contributed by atoms with Gasteiger partial charge >= 0.3 is 11.9 Å². The molecule has 0 fully saturated rings. The van der Waals surface area contributed by atoms with Crippen LogP contribution in [0.3, 0.4) is 0 Å². The number of hydrogen-bond acceptors (Lipinski definition) is 5. The number of benzene rings is 3. The quantitative estimate of drug-likeness (QED) is 0.330. The second kappa shape index (κ2) is 7.88. The molecule has 1 aliphatic rings. The highest BCUT2D eigenvalue weighted by Gasteiger charge is 2.53. The molecule has 0 bridgehead atoms. The van der Waals surface area contributed by atoms with Crippen LogP contribution in [0.4, 0.5) is 0 Å². The van der Waals surface area contributed by atoms with E-state index < -0.39 is 17.5 Å². The van der Waals surface area contributed by atoms with E-state index in [0.717, 1.165) is 0 Å². The predicted molar refractivity (Wildman–Crippen MR) is 129 cm³/mol. The lowest BCUT2D eigenvalue weighted by atomic mass is 9.73. The van der Waals surface area contributed by atoms with Gasteiger partial charge in [-0.2, -0.15) is 0 Å². The molecule has 1 aliphatic heterocycles. The second-order valence-corrected chi connectivity index (χ2v) is 9.82. The Labute approximate surface area is 207 Å². The van der Waals surface area contributed by atoms with Crippen molar-refractivity contribution in [2.45, 2.75) is 33.3 Å². The number of ether oxygens (including phenoxy) is 1. The number of carbonyl (C=O) groups is 2. The fourth-order valence-corrected chi connectivity index (χ4v) is 5.60. The van der Waals surface area contributed by atoms with Crippen molar-refractivity contribution in [1.82, 2.24) is 0 Å². The van der Waals surface area contributed by atoms with E-state index >= 15 is 0 Å². The zero-order chi connectivity index (χ0) is 24.4. The topological polar surface area (TPSA) is 104 Å². The standard InChI is InChI=1S/C25H20Br2O6/c1-10-16(26)8-18(28)12(3)21(10)25(22-11(2)17(27)9-19(29)13(22)4)15-7-5-6-14(23(30)31)20(15)24(32)33-25/h5-9,28-29H,1-4H3,(H,30,31). The van der Waals surface area contributed by atoms with Crippen LogP contribution < -0.4 is 0 Å². The van der Waals surface area contributed by atoms with Crippen molar-refractivity contribution in [3.8, 4) is 11.5 Å². The highest BCUT2D eigenvalue weighted by Crippen LogP contribution is 2.55. The number of fused-ring (bicyclic) bond motifs is 1. The second-order valence-electron chi connectivity index (χ2n) is 8.11. The van der Waals surface area contributed by atoms with Gasteiger partial charge in [-0.3, -0.25) is 0 Å². The first kappa shape index (κ1) is 23.3. The van der Waals surface area contributed by atoms with E-state index in [0.29, 0.717) is 47.9 Å². The number of aromatic carboxylic acids is 1. The number of carboxylic acid groups (broad SMARTS) is 1. The van der Waals surface area contributed by atoms with Gasteiger partial charge < -0.3 is 20.1 Å². The van der Waals surface area contributed by atoms with Crippen LogP contribution in [0.25, 0.3) is 0 Å². The minimum atomic E-state index is -1.61. The van der Waals surface area contributed by atoms with Gasteiger partial charge in [-0.05, 0) is 68.1 Å². The van der Waals surface area contributed by atoms with Gasteiger partial charge in [-0.1, -0.05) is 44.0 Å². The van der Waals surface area contributed by atoms with Crippen LogP contribution in [-0.2, 0) is 10.3 Å². The van der Waals surface area contributed by atoms with E-state index in [1.807, 2.05) is 13.8 Å². The predicted octanol–water partition coefficient (Wildman–Crippen LogP) is 6.02. The molecule has 0 unspecified atom stereocenters. The van der Waals surface area contributed by atoms with E-state index in [1.165, 1.54) is 6.07 Å². The van der Waals surface area contributed by atoms with Crippen LogP contribution in [0.5, 0.6) is 11.5 Å². The van der Waals surface area contributed by atoms with E-state index in [9.17, 15) is 24.9 Å². The molecule has 3 aromatic carbocycles. The maximum atomic E-state index is 13.3. The monoisotopic (exact) mass is 574 g/mol. The van der Waals surface area contributed by atoms with E-state index in [4.69, 9.17) is 4.74 Å². The van der Waals surface area contributed by atoms with Gasteiger partial charge in [-0.25, -0.2) is 9.59 Å². The molecule has 6 nitrogen and oxygen atoms in total. The summed E-state index contributed by atoms with van der Waals surface area (Å²) in [5.74, 6) is -2.08. The number of esters is 1. The molecule has 0 amide bonds. The molecule has 33 heavy (non-hydrogen) atoms. The molecule has 1 heterocycles. The molecule has 3 N–H and O–H groups in total. The van der Waals surface area contributed by atoms with Crippen molar-refractivity contribution < 1.29 is 29.6 Å². The summed E-state index contributed by atoms with van der Waals surface area (Å²) >= 11 is 6.96. The van der Waals surface area contributed by atoms with Gasteiger partial charge in [0.05, 0.1) is 11.1 Å². The number of aromatic hydroxyl groups is 2. The Kier molecular flexibility index (Phi) is 5.57. The number of cyclic esters (lactones) is 1. The van der Waals surface area contributed by atoms with Crippen molar-refractivity contribution in [1.29, 1.82) is 0 Å². The molecule has 0 radical (unpaired) electrons. The third kappa shape index (κ3) is 3.19. The summed E-state index contributed by atoms with van der Waals surface area (Å²) in [6.45, 7) is 7.06. The number of phenols is 2. The summed E-state index contributed by atoms with van der Waals surface area (Å²) in [6.07, 6.45) is 0. The Morgan fingerprint density at radius 3 is 1.82 bits per heavy atom. The lowest BCUT2D eigenvalue weighted by Gasteiger charge is -2.36. The van der Waals surface area contributed by atoms with Crippen molar-refractivity contribution >= 4 is 43.8 Å². The highest BCUT2D eigenvalue weighted by atomic mass is 79.9. The SMILES string of the molecule is Cc1c(O)cc(Br)c(C)c1C1(c2c(C)c(O)cc(Br)c2C)OC(=O)c2c(C(=O)O)cccc21. The summed E-state index contributed by atoms with van der Waals surface area (Å²) in [5.41, 5.74) is 1.81. The lowest BCUT2D eigenvalue weighted by Crippen LogP contribution is -2.33. The molecule has 4 rings (SSSR count). The van der Waals surface area contributed by atoms with Gasteiger partial charge in [0.25, 0.3) is 0 Å². The number of halogens is 2. The third-order valence-corrected chi connectivity index (χ3v) is 7.99. The summed E-state index contributed by atoms with van der Waals surface area (Å²) in [7, 11) is 0. The van der Waals surface area contributed by atoms with Crippen LogP contribution >= 0.6 is 31.9 Å². The number of rotatable bonds is 3. The van der Waals surface area contributed by atoms with Gasteiger partial charge in [0.2, 0.25) is 0 Å². The smallest absolute Gasteiger partial charge is 0.341 e. The first-order valence-corrected chi connectivity index (χ1v) is 11.6. The fourth-order valence-electron chi connectivity index (χ4n) is 4.77. The fraction of sp³-hybridized carbons (Fsp3) is 0.200. The van der Waals surface area contributed by atoms with Gasteiger partial charge in [0.1, 0.15) is 11.5 Å². The Bertz CT molecular complexity index is 1260. The average molecular weight is 576 g/mol. The highest BCUT2D eigenvalue weighted by molar-refractivity contribution is 9.10. The van der Waals surface area contributed by atoms with Crippen molar-refractivity contribution in [2.75, 3.05) is 0 Å². The van der Waals surface area contributed by atoms with E-state index in [-0.39, 0.29) is 22.6 Å². The molecule has 8 heteroatoms. The average Bonchev–Trinajstić information content (AvgIpc) is 3.04. The van der Waals surface area contributed by atoms with Crippen LogP contribution in [0.15, 0.2) is 39.3 Å². The molecule has 3 aromatic rings. The molecule has 0 atom stereocenters. The minimum Gasteiger partial charge on any atom is -0.508 e. The van der Waals surface area contributed by atoms with Gasteiger partial charge in [0, 0.05) is 25.6 Å². The lowest BCUT2D eigenvalue weighted by molar-refractivity contribution is 0.0240. The molecule has 0 spiro atoms. The number of phenolic OH excluding ortho intramolecular Hbond substituents is 2. The van der Waals surface area contributed by atoms with Crippen molar-refractivity contribution in [2.24, 2.45) is 0 Å². The molecule has 170 valence electrons. The maximum Gasteiger partial charge on any atom is 0.341 e. The molecular weight excluding hydrogens is 556 g/mol. The molecule has 0 aliphatic carbocycles. The Morgan fingerprint density at radius 2 is 1.36 bits per heavy atom. The van der Waals surface area contributed by atoms with Crippen LogP contribution in [-0.4, -0.2) is 27.3 Å². The Balaban J connectivity index is 2.31. The Morgan fingerprint density at radius 1 is 0.879 bits per heavy atom. The molecule has 0 saturated carbocycles. The van der Waals surface area contributed by atoms with E-state index in [2.05, 4.69) is 31.9 Å². The Hall–Kier alpha value is -2.84. The number of carbonyl (C=O) groups excluding carboxylic acids is 1. The number of carboxylic acids is 1. The maximum absolute atomic E-state index is 13.3. The number of hydrogen-bond donors (Lipinski definition) is 3. The summed E-state index contributed by atoms with van der Waals surface area (Å²) in [4.78, 5) is 25.3.